The molecule has 0 radical (unpaired) electrons. The van der Waals surface area contributed by atoms with E-state index in [0.717, 1.165) is 44.9 Å². The van der Waals surface area contributed by atoms with Gasteiger partial charge in [-0.25, -0.2) is 4.57 Å². The van der Waals surface area contributed by atoms with Gasteiger partial charge in [-0.15, -0.1) is 0 Å². The first-order chi connectivity index (χ1) is 26.0. The zero-order valence-corrected chi connectivity index (χ0v) is 36.9. The van der Waals surface area contributed by atoms with Gasteiger partial charge in [0.15, 0.2) is 0 Å². The Morgan fingerprint density at radius 2 is 1.02 bits per heavy atom. The lowest BCUT2D eigenvalue weighted by Crippen LogP contribution is -2.45. The van der Waals surface area contributed by atoms with E-state index < -0.39 is 20.0 Å². The van der Waals surface area contributed by atoms with Crippen molar-refractivity contribution in [1.29, 1.82) is 0 Å². The molecule has 0 bridgehead atoms. The van der Waals surface area contributed by atoms with Gasteiger partial charge in [-0.05, 0) is 44.9 Å². The molecule has 0 saturated heterocycles. The average Bonchev–Trinajstić information content (AvgIpc) is 3.12. The molecule has 3 atom stereocenters. The molecule has 54 heavy (non-hydrogen) atoms. The third kappa shape index (κ3) is 39.0. The number of likely N-dealkylation sites (N-methyl/N-ethyl adjacent to an activating group) is 1. The number of amides is 1. The van der Waals surface area contributed by atoms with Crippen LogP contribution in [0.5, 0.6) is 0 Å². The molecule has 0 fully saturated rings. The number of nitrogens with one attached hydrogen (secondary N) is 1. The first-order valence-electron chi connectivity index (χ1n) is 22.4. The average molecular weight is 784 g/mol. The number of quaternary nitrogens is 1. The lowest BCUT2D eigenvalue weighted by Gasteiger charge is -2.25. The Labute approximate surface area is 334 Å². The maximum atomic E-state index is 12.8. The van der Waals surface area contributed by atoms with Gasteiger partial charge in [0.1, 0.15) is 13.2 Å². The minimum atomic E-state index is -4.34. The molecule has 3 unspecified atom stereocenters. The number of carbonyl (C=O) groups excluding carboxylic acids is 1. The van der Waals surface area contributed by atoms with Gasteiger partial charge in [-0.3, -0.25) is 13.8 Å². The molecule has 0 aromatic carbocycles. The second kappa shape index (κ2) is 37.3. The Bertz CT molecular complexity index is 980. The highest BCUT2D eigenvalue weighted by Gasteiger charge is 2.27. The summed E-state index contributed by atoms with van der Waals surface area (Å²) in [5.74, 6) is -0.192. The van der Waals surface area contributed by atoms with Crippen molar-refractivity contribution in [3.8, 4) is 0 Å². The second-order valence-corrected chi connectivity index (χ2v) is 17.9. The molecular formula is C45H88N2O6P+. The Balaban J connectivity index is 4.49. The fourth-order valence-electron chi connectivity index (χ4n) is 6.25. The third-order valence-corrected chi connectivity index (χ3v) is 10.8. The molecule has 0 spiro atoms. The quantitative estimate of drug-likeness (QED) is 0.0247. The largest absolute Gasteiger partial charge is 0.472 e. The molecule has 0 aromatic heterocycles. The maximum Gasteiger partial charge on any atom is 0.472 e. The molecule has 0 rings (SSSR count). The molecule has 3 N–H and O–H groups in total. The first-order valence-corrected chi connectivity index (χ1v) is 23.9. The number of hydrogen-bond donors (Lipinski definition) is 3. The summed E-state index contributed by atoms with van der Waals surface area (Å²) in [6, 6.07) is -0.865. The van der Waals surface area contributed by atoms with Gasteiger partial charge in [-0.1, -0.05) is 179 Å². The minimum absolute atomic E-state index is 0.0545. The summed E-state index contributed by atoms with van der Waals surface area (Å²) >= 11 is 0. The zero-order valence-electron chi connectivity index (χ0n) is 36.0. The zero-order chi connectivity index (χ0) is 40.0. The van der Waals surface area contributed by atoms with Gasteiger partial charge < -0.3 is 19.8 Å². The van der Waals surface area contributed by atoms with E-state index in [9.17, 15) is 19.4 Å². The summed E-state index contributed by atoms with van der Waals surface area (Å²) < 4.78 is 23.5. The van der Waals surface area contributed by atoms with Crippen LogP contribution in [0.4, 0.5) is 0 Å². The van der Waals surface area contributed by atoms with Crippen molar-refractivity contribution in [2.45, 2.75) is 206 Å². The molecule has 0 aliphatic heterocycles. The van der Waals surface area contributed by atoms with Crippen molar-refractivity contribution < 1.29 is 32.9 Å². The molecule has 8 nitrogen and oxygen atoms in total. The van der Waals surface area contributed by atoms with Crippen LogP contribution in [0.25, 0.3) is 0 Å². The summed E-state index contributed by atoms with van der Waals surface area (Å²) in [5.41, 5.74) is 0. The summed E-state index contributed by atoms with van der Waals surface area (Å²) in [4.78, 5) is 23.1. The highest BCUT2D eigenvalue weighted by molar-refractivity contribution is 7.47. The number of carbonyl (C=O) groups is 1. The van der Waals surface area contributed by atoms with Crippen LogP contribution < -0.4 is 5.32 Å². The van der Waals surface area contributed by atoms with Crippen LogP contribution >= 0.6 is 7.82 Å². The predicted molar refractivity (Wildman–Crippen MR) is 231 cm³/mol. The fraction of sp³-hybridized carbons (Fsp3) is 0.844. The van der Waals surface area contributed by atoms with Crippen molar-refractivity contribution in [2.24, 2.45) is 0 Å². The lowest BCUT2D eigenvalue weighted by atomic mass is 10.0. The molecule has 0 aliphatic carbocycles. The van der Waals surface area contributed by atoms with Gasteiger partial charge >= 0.3 is 7.82 Å². The normalized spacial score (nSPS) is 14.7. The molecule has 9 heteroatoms. The number of phosphoric acid groups is 1. The number of allylic oxidation sites excluding steroid dienone is 5. The fourth-order valence-corrected chi connectivity index (χ4v) is 6.98. The summed E-state index contributed by atoms with van der Waals surface area (Å²) in [5, 5.41) is 13.8. The van der Waals surface area contributed by atoms with E-state index in [1.807, 2.05) is 27.2 Å². The van der Waals surface area contributed by atoms with Gasteiger partial charge in [0.05, 0.1) is 39.9 Å². The Morgan fingerprint density at radius 3 is 1.48 bits per heavy atom. The maximum absolute atomic E-state index is 12.8. The number of unbranched alkanes of at least 4 members (excludes halogenated alkanes) is 23. The van der Waals surface area contributed by atoms with Crippen molar-refractivity contribution in [3.63, 3.8) is 0 Å². The Morgan fingerprint density at radius 1 is 0.611 bits per heavy atom. The van der Waals surface area contributed by atoms with Crippen LogP contribution in [0, 0.1) is 0 Å². The number of aliphatic hydroxyl groups excluding tert-OH is 1. The lowest BCUT2D eigenvalue weighted by molar-refractivity contribution is -0.870. The summed E-state index contributed by atoms with van der Waals surface area (Å²) in [6.45, 7) is 4.78. The van der Waals surface area contributed by atoms with E-state index in [1.54, 1.807) is 6.08 Å². The van der Waals surface area contributed by atoms with Gasteiger partial charge in [0.2, 0.25) is 5.91 Å². The highest BCUT2D eigenvalue weighted by Crippen LogP contribution is 2.43. The van der Waals surface area contributed by atoms with Gasteiger partial charge in [0.25, 0.3) is 0 Å². The molecule has 0 aliphatic rings. The standard InChI is InChI=1S/C45H87N2O6P/c1-6-8-10-12-14-16-18-20-21-22-23-24-25-27-28-30-32-34-36-38-44(48)43(42-53-54(50,51)52-41-40-47(3,4)5)46-45(49)39-37-35-33-31-29-26-19-17-15-13-11-9-7-2/h23-24,28,30,36,38,43-44,48H,6-22,25-27,29,31-35,37,39-42H2,1-5H3,(H-,46,49,50,51)/p+1/b24-23+,30-28+,38-36+. The summed E-state index contributed by atoms with van der Waals surface area (Å²) in [7, 11) is 1.55. The minimum Gasteiger partial charge on any atom is -0.387 e. The van der Waals surface area contributed by atoms with Crippen LogP contribution in [-0.4, -0.2) is 73.4 Å². The topological polar surface area (TPSA) is 105 Å². The number of hydrogen-bond acceptors (Lipinski definition) is 5. The van der Waals surface area contributed by atoms with Crippen molar-refractivity contribution >= 4 is 13.7 Å². The second-order valence-electron chi connectivity index (χ2n) is 16.4. The number of rotatable bonds is 40. The summed E-state index contributed by atoms with van der Waals surface area (Å²) in [6.07, 6.45) is 45.0. The molecule has 318 valence electrons. The van der Waals surface area contributed by atoms with Crippen LogP contribution in [0.1, 0.15) is 194 Å². The molecular weight excluding hydrogens is 695 g/mol. The van der Waals surface area contributed by atoms with Crippen molar-refractivity contribution in [1.82, 2.24) is 5.32 Å². The van der Waals surface area contributed by atoms with E-state index in [4.69, 9.17) is 9.05 Å². The first kappa shape index (κ1) is 52.7. The van der Waals surface area contributed by atoms with Crippen LogP contribution in [0.3, 0.4) is 0 Å². The van der Waals surface area contributed by atoms with E-state index in [0.29, 0.717) is 17.4 Å². The van der Waals surface area contributed by atoms with Crippen LogP contribution in [0.2, 0.25) is 0 Å². The van der Waals surface area contributed by atoms with E-state index in [-0.39, 0.29) is 19.1 Å². The van der Waals surface area contributed by atoms with Gasteiger partial charge in [0, 0.05) is 6.42 Å². The molecule has 0 heterocycles. The third-order valence-electron chi connectivity index (χ3n) is 9.84. The van der Waals surface area contributed by atoms with Crippen molar-refractivity contribution in [3.05, 3.63) is 36.5 Å². The van der Waals surface area contributed by atoms with Gasteiger partial charge in [-0.2, -0.15) is 0 Å². The number of nitrogens with zero attached hydrogens (tertiary/aromatic N) is 1. The Kier molecular flexibility index (Phi) is 36.4. The Hall–Kier alpha value is -1.28. The number of aliphatic hydroxyl groups is 1. The van der Waals surface area contributed by atoms with E-state index in [2.05, 4.69) is 43.5 Å². The monoisotopic (exact) mass is 784 g/mol. The SMILES string of the molecule is CCCCCCCCCCC/C=C/CC/C=C/CC/C=C/C(O)C(COP(=O)(O)OCC[N+](C)(C)C)NC(=O)CCCCCCCCCCCCCCC. The molecule has 0 saturated carbocycles. The predicted octanol–water partition coefficient (Wildman–Crippen LogP) is 12.3. The number of phosphoric ester groups is 1. The van der Waals surface area contributed by atoms with Crippen molar-refractivity contribution in [2.75, 3.05) is 40.9 Å². The highest BCUT2D eigenvalue weighted by atomic mass is 31.2. The molecule has 1 amide bonds. The molecule has 0 aromatic rings. The van der Waals surface area contributed by atoms with Crippen LogP contribution in [-0.2, 0) is 18.4 Å². The van der Waals surface area contributed by atoms with E-state index in [1.165, 1.54) is 128 Å². The van der Waals surface area contributed by atoms with E-state index >= 15 is 0 Å². The smallest absolute Gasteiger partial charge is 0.387 e. The van der Waals surface area contributed by atoms with Crippen LogP contribution in [0.15, 0.2) is 36.5 Å².